The van der Waals surface area contributed by atoms with E-state index in [2.05, 4.69) is 5.32 Å². The van der Waals surface area contributed by atoms with Gasteiger partial charge in [-0.25, -0.2) is 0 Å². The smallest absolute Gasteiger partial charge is 0.245 e. The molecule has 1 saturated carbocycles. The molecule has 2 aliphatic rings. The van der Waals surface area contributed by atoms with E-state index in [-0.39, 0.29) is 24.3 Å². The zero-order chi connectivity index (χ0) is 14.0. The van der Waals surface area contributed by atoms with Crippen LogP contribution in [0.1, 0.15) is 26.7 Å². The highest BCUT2D eigenvalue weighted by Crippen LogP contribution is 2.39. The standard InChI is InChI=1S/C13H23N3O3/c1-3-15-11(17)10-8-19-7-6-16(10)12(18)13(2,14)9-4-5-9/h9-10H,3-8,14H2,1-2H3,(H,15,17). The third kappa shape index (κ3) is 2.90. The molecule has 2 fully saturated rings. The number of nitrogens with two attached hydrogens (primary N) is 1. The third-order valence-electron chi connectivity index (χ3n) is 3.93. The van der Waals surface area contributed by atoms with Gasteiger partial charge in [-0.05, 0) is 32.6 Å². The maximum absolute atomic E-state index is 12.6. The van der Waals surface area contributed by atoms with Gasteiger partial charge in [0.15, 0.2) is 0 Å². The minimum absolute atomic E-state index is 0.130. The summed E-state index contributed by atoms with van der Waals surface area (Å²) >= 11 is 0. The molecule has 1 saturated heterocycles. The Bertz CT molecular complexity index is 366. The number of carbonyl (C=O) groups is 2. The number of likely N-dealkylation sites (N-methyl/N-ethyl adjacent to an activating group) is 1. The molecular weight excluding hydrogens is 246 g/mol. The predicted molar refractivity (Wildman–Crippen MR) is 70.3 cm³/mol. The summed E-state index contributed by atoms with van der Waals surface area (Å²) in [6.45, 7) is 5.31. The highest BCUT2D eigenvalue weighted by Gasteiger charge is 2.48. The molecule has 2 rings (SSSR count). The van der Waals surface area contributed by atoms with Gasteiger partial charge < -0.3 is 20.7 Å². The van der Waals surface area contributed by atoms with Gasteiger partial charge >= 0.3 is 0 Å². The van der Waals surface area contributed by atoms with E-state index in [1.807, 2.05) is 6.92 Å². The second-order valence-corrected chi connectivity index (χ2v) is 5.54. The number of amides is 2. The van der Waals surface area contributed by atoms with E-state index in [1.54, 1.807) is 11.8 Å². The quantitative estimate of drug-likeness (QED) is 0.719. The Balaban J connectivity index is 2.10. The van der Waals surface area contributed by atoms with Crippen LogP contribution in [0.2, 0.25) is 0 Å². The number of hydrogen-bond donors (Lipinski definition) is 2. The van der Waals surface area contributed by atoms with Crippen LogP contribution in [0.4, 0.5) is 0 Å². The molecule has 0 spiro atoms. The van der Waals surface area contributed by atoms with Gasteiger partial charge in [0.05, 0.1) is 18.8 Å². The lowest BCUT2D eigenvalue weighted by atomic mass is 9.94. The first-order chi connectivity index (χ1) is 8.98. The topological polar surface area (TPSA) is 84.7 Å². The van der Waals surface area contributed by atoms with Crippen molar-refractivity contribution in [1.29, 1.82) is 0 Å². The summed E-state index contributed by atoms with van der Waals surface area (Å²) in [6.07, 6.45) is 1.99. The van der Waals surface area contributed by atoms with Crippen LogP contribution in [0.3, 0.4) is 0 Å². The lowest BCUT2D eigenvalue weighted by Crippen LogP contribution is -2.63. The van der Waals surface area contributed by atoms with Crippen molar-refractivity contribution < 1.29 is 14.3 Å². The van der Waals surface area contributed by atoms with Crippen molar-refractivity contribution in [1.82, 2.24) is 10.2 Å². The van der Waals surface area contributed by atoms with Crippen molar-refractivity contribution in [3.05, 3.63) is 0 Å². The first-order valence-electron chi connectivity index (χ1n) is 6.94. The van der Waals surface area contributed by atoms with Crippen LogP contribution >= 0.6 is 0 Å². The summed E-state index contributed by atoms with van der Waals surface area (Å²) < 4.78 is 5.32. The van der Waals surface area contributed by atoms with Crippen LogP contribution in [0, 0.1) is 5.92 Å². The Kier molecular flexibility index (Phi) is 4.10. The third-order valence-corrected chi connectivity index (χ3v) is 3.93. The summed E-state index contributed by atoms with van der Waals surface area (Å²) in [7, 11) is 0. The van der Waals surface area contributed by atoms with Crippen molar-refractivity contribution in [2.45, 2.75) is 38.3 Å². The predicted octanol–water partition coefficient (Wildman–Crippen LogP) is -0.523. The van der Waals surface area contributed by atoms with Gasteiger partial charge in [-0.15, -0.1) is 0 Å². The van der Waals surface area contributed by atoms with Gasteiger partial charge in [0.2, 0.25) is 11.8 Å². The minimum Gasteiger partial charge on any atom is -0.377 e. The molecular formula is C13H23N3O3. The maximum atomic E-state index is 12.6. The molecule has 2 unspecified atom stereocenters. The van der Waals surface area contributed by atoms with E-state index in [4.69, 9.17) is 10.5 Å². The molecule has 1 aliphatic carbocycles. The summed E-state index contributed by atoms with van der Waals surface area (Å²) in [5.41, 5.74) is 5.31. The molecule has 19 heavy (non-hydrogen) atoms. The van der Waals surface area contributed by atoms with Gasteiger partial charge in [0.25, 0.3) is 0 Å². The van der Waals surface area contributed by atoms with Gasteiger partial charge in [-0.3, -0.25) is 9.59 Å². The van der Waals surface area contributed by atoms with E-state index in [1.165, 1.54) is 0 Å². The molecule has 3 N–H and O–H groups in total. The zero-order valence-corrected chi connectivity index (χ0v) is 11.6. The average molecular weight is 269 g/mol. The van der Waals surface area contributed by atoms with E-state index >= 15 is 0 Å². The van der Waals surface area contributed by atoms with Crippen LogP contribution in [0.15, 0.2) is 0 Å². The number of carbonyl (C=O) groups excluding carboxylic acids is 2. The van der Waals surface area contributed by atoms with Crippen LogP contribution < -0.4 is 11.1 Å². The Morgan fingerprint density at radius 3 is 2.74 bits per heavy atom. The lowest BCUT2D eigenvalue weighted by molar-refractivity contribution is -0.152. The van der Waals surface area contributed by atoms with Crippen LogP contribution in [0.25, 0.3) is 0 Å². The fraction of sp³-hybridized carbons (Fsp3) is 0.846. The van der Waals surface area contributed by atoms with Crippen molar-refractivity contribution in [3.63, 3.8) is 0 Å². The molecule has 1 heterocycles. The Labute approximate surface area is 113 Å². The molecule has 0 aromatic heterocycles. The molecule has 6 nitrogen and oxygen atoms in total. The molecule has 108 valence electrons. The first-order valence-corrected chi connectivity index (χ1v) is 6.94. The monoisotopic (exact) mass is 269 g/mol. The van der Waals surface area contributed by atoms with Crippen molar-refractivity contribution >= 4 is 11.8 Å². The normalized spacial score (nSPS) is 26.7. The number of rotatable bonds is 4. The van der Waals surface area contributed by atoms with E-state index < -0.39 is 11.6 Å². The van der Waals surface area contributed by atoms with Crippen LogP contribution in [-0.2, 0) is 14.3 Å². The number of hydrogen-bond acceptors (Lipinski definition) is 4. The molecule has 0 aromatic carbocycles. The summed E-state index contributed by atoms with van der Waals surface area (Å²) in [5, 5.41) is 2.74. The largest absolute Gasteiger partial charge is 0.377 e. The van der Waals surface area contributed by atoms with E-state index in [0.717, 1.165) is 12.8 Å². The summed E-state index contributed by atoms with van der Waals surface area (Å²) in [4.78, 5) is 26.2. The Hall–Kier alpha value is -1.14. The molecule has 1 aliphatic heterocycles. The first kappa shape index (κ1) is 14.3. The van der Waals surface area contributed by atoms with E-state index in [0.29, 0.717) is 19.7 Å². The summed E-state index contributed by atoms with van der Waals surface area (Å²) in [5.74, 6) is -0.0468. The van der Waals surface area contributed by atoms with Crippen molar-refractivity contribution in [2.24, 2.45) is 11.7 Å². The molecule has 0 radical (unpaired) electrons. The zero-order valence-electron chi connectivity index (χ0n) is 11.6. The van der Waals surface area contributed by atoms with Crippen LogP contribution in [0.5, 0.6) is 0 Å². The fourth-order valence-corrected chi connectivity index (χ4v) is 2.52. The highest BCUT2D eigenvalue weighted by atomic mass is 16.5. The van der Waals surface area contributed by atoms with Gasteiger partial charge in [0, 0.05) is 13.1 Å². The second-order valence-electron chi connectivity index (χ2n) is 5.54. The molecule has 0 bridgehead atoms. The Morgan fingerprint density at radius 1 is 1.47 bits per heavy atom. The summed E-state index contributed by atoms with van der Waals surface area (Å²) in [6, 6.07) is -0.553. The van der Waals surface area contributed by atoms with Crippen molar-refractivity contribution in [3.8, 4) is 0 Å². The molecule has 6 heteroatoms. The Morgan fingerprint density at radius 2 is 2.16 bits per heavy atom. The maximum Gasteiger partial charge on any atom is 0.245 e. The van der Waals surface area contributed by atoms with E-state index in [9.17, 15) is 9.59 Å². The van der Waals surface area contributed by atoms with Gasteiger partial charge in [-0.1, -0.05) is 0 Å². The lowest BCUT2D eigenvalue weighted by Gasteiger charge is -2.39. The number of ether oxygens (including phenoxy) is 1. The average Bonchev–Trinajstić information content (AvgIpc) is 3.22. The highest BCUT2D eigenvalue weighted by molar-refractivity contribution is 5.92. The second kappa shape index (κ2) is 5.46. The number of morpholine rings is 1. The minimum atomic E-state index is -0.859. The number of nitrogens with zero attached hydrogens (tertiary/aromatic N) is 1. The SMILES string of the molecule is CCNC(=O)C1COCCN1C(=O)C(C)(N)C1CC1. The molecule has 0 aromatic rings. The fourth-order valence-electron chi connectivity index (χ4n) is 2.52. The van der Waals surface area contributed by atoms with Gasteiger partial charge in [-0.2, -0.15) is 0 Å². The van der Waals surface area contributed by atoms with Crippen molar-refractivity contribution in [2.75, 3.05) is 26.3 Å². The molecule has 2 atom stereocenters. The van der Waals surface area contributed by atoms with Crippen LogP contribution in [-0.4, -0.2) is 54.6 Å². The number of nitrogens with one attached hydrogen (secondary N) is 1. The van der Waals surface area contributed by atoms with Gasteiger partial charge in [0.1, 0.15) is 6.04 Å². The molecule has 2 amide bonds.